The zero-order valence-corrected chi connectivity index (χ0v) is 8.49. The molecule has 0 aliphatic heterocycles. The monoisotopic (exact) mass is 206 g/mol. The van der Waals surface area contributed by atoms with Gasteiger partial charge in [-0.15, -0.1) is 6.42 Å². The zero-order valence-electron chi connectivity index (χ0n) is 7.67. The van der Waals surface area contributed by atoms with Crippen LogP contribution >= 0.6 is 12.2 Å². The van der Waals surface area contributed by atoms with E-state index in [-0.39, 0.29) is 5.69 Å². The number of H-pyrrole nitrogens is 1. The van der Waals surface area contributed by atoms with Gasteiger partial charge in [0.25, 0.3) is 0 Å². The summed E-state index contributed by atoms with van der Waals surface area (Å²) < 4.78 is 2.19. The van der Waals surface area contributed by atoms with Crippen LogP contribution in [0.2, 0.25) is 0 Å². The molecule has 1 aliphatic carbocycles. The van der Waals surface area contributed by atoms with Gasteiger partial charge in [-0.3, -0.25) is 9.55 Å². The van der Waals surface area contributed by atoms with E-state index < -0.39 is 0 Å². The fourth-order valence-corrected chi connectivity index (χ4v) is 2.20. The predicted molar refractivity (Wildman–Crippen MR) is 56.7 cm³/mol. The summed E-state index contributed by atoms with van der Waals surface area (Å²) in [5.41, 5.74) is 1.93. The Balaban J connectivity index is 2.73. The number of nitrogens with zero attached hydrogens (tertiary/aromatic N) is 1. The molecule has 0 spiro atoms. The lowest BCUT2D eigenvalue weighted by molar-refractivity contribution is 0.704. The molecule has 0 aromatic carbocycles. The number of fused-ring (bicyclic) bond motifs is 1. The molecule has 1 aliphatic rings. The van der Waals surface area contributed by atoms with Gasteiger partial charge in [-0.2, -0.15) is 0 Å². The number of rotatable bonds is 1. The maximum absolute atomic E-state index is 11.5. The second-order valence-electron chi connectivity index (χ2n) is 3.33. The molecule has 1 N–H and O–H groups in total. The summed E-state index contributed by atoms with van der Waals surface area (Å²) in [6.45, 7) is 0.327. The lowest BCUT2D eigenvalue weighted by Crippen LogP contribution is -2.26. The van der Waals surface area contributed by atoms with E-state index in [1.54, 1.807) is 4.57 Å². The Hall–Kier alpha value is -1.34. The molecule has 0 radical (unpaired) electrons. The van der Waals surface area contributed by atoms with E-state index >= 15 is 0 Å². The van der Waals surface area contributed by atoms with Crippen LogP contribution in [0.3, 0.4) is 0 Å². The summed E-state index contributed by atoms with van der Waals surface area (Å²) >= 11 is 5.09. The van der Waals surface area contributed by atoms with Gasteiger partial charge in [0.05, 0.1) is 6.54 Å². The van der Waals surface area contributed by atoms with Crippen molar-refractivity contribution in [3.63, 3.8) is 0 Å². The third-order valence-electron chi connectivity index (χ3n) is 2.50. The summed E-state index contributed by atoms with van der Waals surface area (Å²) in [6.07, 6.45) is 8.13. The molecule has 1 aromatic heterocycles. The third kappa shape index (κ3) is 1.30. The van der Waals surface area contributed by atoms with Crippen molar-refractivity contribution in [1.29, 1.82) is 0 Å². The van der Waals surface area contributed by atoms with E-state index in [9.17, 15) is 4.79 Å². The van der Waals surface area contributed by atoms with Gasteiger partial charge in [0, 0.05) is 11.3 Å². The predicted octanol–water partition coefficient (Wildman–Crippen LogP) is 1.03. The van der Waals surface area contributed by atoms with E-state index in [0.717, 1.165) is 30.5 Å². The molecule has 72 valence electrons. The highest BCUT2D eigenvalue weighted by atomic mass is 32.1. The Morgan fingerprint density at radius 3 is 3.07 bits per heavy atom. The zero-order chi connectivity index (χ0) is 10.1. The first-order valence-electron chi connectivity index (χ1n) is 4.52. The number of nitrogens with one attached hydrogen (secondary N) is 1. The van der Waals surface area contributed by atoms with Crippen LogP contribution in [-0.4, -0.2) is 9.55 Å². The topological polar surface area (TPSA) is 37.8 Å². The second kappa shape index (κ2) is 3.43. The summed E-state index contributed by atoms with van der Waals surface area (Å²) in [5.74, 6) is 2.48. The minimum absolute atomic E-state index is 0.186. The van der Waals surface area contributed by atoms with Crippen molar-refractivity contribution in [2.75, 3.05) is 0 Å². The second-order valence-corrected chi connectivity index (χ2v) is 3.74. The minimum Gasteiger partial charge on any atom is -0.298 e. The van der Waals surface area contributed by atoms with Gasteiger partial charge in [-0.1, -0.05) is 18.1 Å². The van der Waals surface area contributed by atoms with E-state index in [1.807, 2.05) is 0 Å². The molecule has 0 bridgehead atoms. The first-order valence-corrected chi connectivity index (χ1v) is 4.93. The van der Waals surface area contributed by atoms with E-state index in [4.69, 9.17) is 18.6 Å². The molecule has 0 atom stereocenters. The van der Waals surface area contributed by atoms with Crippen molar-refractivity contribution >= 4 is 12.2 Å². The minimum atomic E-state index is -0.186. The average molecular weight is 206 g/mol. The first kappa shape index (κ1) is 9.22. The molecule has 0 saturated carbocycles. The molecule has 0 saturated heterocycles. The van der Waals surface area contributed by atoms with Gasteiger partial charge >= 0.3 is 5.69 Å². The normalized spacial score (nSPS) is 13.6. The lowest BCUT2D eigenvalue weighted by Gasteiger charge is -2.07. The maximum Gasteiger partial charge on any atom is 0.327 e. The standard InChI is InChI=1S/C10H10N2OS/c1-2-6-12-8-5-3-4-7(8)9(14)11-10(12)13/h1H,3-6H2,(H,11,13,14). The Bertz CT molecular complexity index is 518. The van der Waals surface area contributed by atoms with Crippen LogP contribution < -0.4 is 5.69 Å². The molecular weight excluding hydrogens is 196 g/mol. The smallest absolute Gasteiger partial charge is 0.298 e. The van der Waals surface area contributed by atoms with Crippen molar-refractivity contribution in [3.05, 3.63) is 26.4 Å². The fourth-order valence-electron chi connectivity index (χ4n) is 1.89. The molecular formula is C10H10N2OS. The molecule has 0 fully saturated rings. The summed E-state index contributed by atoms with van der Waals surface area (Å²) in [6, 6.07) is 0. The van der Waals surface area contributed by atoms with E-state index in [2.05, 4.69) is 10.9 Å². The number of terminal acetylenes is 1. The van der Waals surface area contributed by atoms with Crippen molar-refractivity contribution < 1.29 is 0 Å². The Kier molecular flexibility index (Phi) is 2.26. The lowest BCUT2D eigenvalue weighted by atomic mass is 10.2. The van der Waals surface area contributed by atoms with E-state index in [0.29, 0.717) is 11.2 Å². The number of aromatic nitrogens is 2. The van der Waals surface area contributed by atoms with Crippen molar-refractivity contribution in [2.24, 2.45) is 0 Å². The van der Waals surface area contributed by atoms with E-state index in [1.165, 1.54) is 0 Å². The highest BCUT2D eigenvalue weighted by Gasteiger charge is 2.17. The largest absolute Gasteiger partial charge is 0.327 e. The summed E-state index contributed by atoms with van der Waals surface area (Å²) in [4.78, 5) is 14.2. The van der Waals surface area contributed by atoms with Gasteiger partial charge in [0.2, 0.25) is 0 Å². The van der Waals surface area contributed by atoms with Gasteiger partial charge in [-0.25, -0.2) is 4.79 Å². The van der Waals surface area contributed by atoms with Gasteiger partial charge in [-0.05, 0) is 19.3 Å². The molecule has 1 aromatic rings. The number of hydrogen-bond acceptors (Lipinski definition) is 2. The highest BCUT2D eigenvalue weighted by molar-refractivity contribution is 7.71. The molecule has 4 heteroatoms. The van der Waals surface area contributed by atoms with Crippen molar-refractivity contribution in [3.8, 4) is 12.3 Å². The summed E-state index contributed by atoms with van der Waals surface area (Å²) in [5, 5.41) is 0. The summed E-state index contributed by atoms with van der Waals surface area (Å²) in [7, 11) is 0. The van der Waals surface area contributed by atoms with Gasteiger partial charge < -0.3 is 0 Å². The van der Waals surface area contributed by atoms with Crippen LogP contribution in [0.1, 0.15) is 17.7 Å². The molecule has 3 nitrogen and oxygen atoms in total. The fraction of sp³-hybridized carbons (Fsp3) is 0.400. The number of hydrogen-bond donors (Lipinski definition) is 1. The first-order chi connectivity index (χ1) is 6.74. The Morgan fingerprint density at radius 1 is 1.57 bits per heavy atom. The van der Waals surface area contributed by atoms with Gasteiger partial charge in [0.15, 0.2) is 0 Å². The van der Waals surface area contributed by atoms with Crippen LogP contribution in [0.5, 0.6) is 0 Å². The van der Waals surface area contributed by atoms with Crippen molar-refractivity contribution in [2.45, 2.75) is 25.8 Å². The third-order valence-corrected chi connectivity index (χ3v) is 2.85. The van der Waals surface area contributed by atoms with Gasteiger partial charge in [0.1, 0.15) is 4.64 Å². The maximum atomic E-state index is 11.5. The Morgan fingerprint density at radius 2 is 2.36 bits per heavy atom. The average Bonchev–Trinajstić information content (AvgIpc) is 2.60. The quantitative estimate of drug-likeness (QED) is 0.550. The van der Waals surface area contributed by atoms with Crippen LogP contribution in [-0.2, 0) is 19.4 Å². The van der Waals surface area contributed by atoms with Crippen molar-refractivity contribution in [1.82, 2.24) is 9.55 Å². The van der Waals surface area contributed by atoms with Crippen LogP contribution in [0.15, 0.2) is 4.79 Å². The van der Waals surface area contributed by atoms with Crippen LogP contribution in [0, 0.1) is 17.0 Å². The SMILES string of the molecule is C#CCn1c2c(c(=S)[nH]c1=O)CCC2. The molecule has 0 amide bonds. The van der Waals surface area contributed by atoms with Crippen LogP contribution in [0.25, 0.3) is 0 Å². The molecule has 14 heavy (non-hydrogen) atoms. The van der Waals surface area contributed by atoms with Crippen LogP contribution in [0.4, 0.5) is 0 Å². The molecule has 1 heterocycles. The Labute approximate surface area is 86.8 Å². The number of aromatic amines is 1. The highest BCUT2D eigenvalue weighted by Crippen LogP contribution is 2.20. The molecule has 0 unspecified atom stereocenters. The molecule has 2 rings (SSSR count).